The van der Waals surface area contributed by atoms with Crippen molar-refractivity contribution in [3.05, 3.63) is 54.6 Å². The smallest absolute Gasteiger partial charge is 0.225 e. The van der Waals surface area contributed by atoms with Gasteiger partial charge in [0, 0.05) is 30.1 Å². The Bertz CT molecular complexity index is 996. The molecule has 0 N–H and O–H groups in total. The van der Waals surface area contributed by atoms with Crippen molar-refractivity contribution in [2.45, 2.75) is 65.6 Å². The summed E-state index contributed by atoms with van der Waals surface area (Å²) in [7, 11) is 0. The topological polar surface area (TPSA) is 38.3 Å². The first-order valence-corrected chi connectivity index (χ1v) is 10.9. The van der Waals surface area contributed by atoms with Crippen LogP contribution >= 0.6 is 0 Å². The number of nitrogens with zero attached hydrogens (tertiary/aromatic N) is 3. The first-order valence-electron chi connectivity index (χ1n) is 10.9. The molecule has 2 unspecified atom stereocenters. The van der Waals surface area contributed by atoms with E-state index in [1.54, 1.807) is 0 Å². The molecule has 0 amide bonds. The number of likely N-dealkylation sites (tertiary alicyclic amines) is 1. The molecular weight excluding hydrogens is 370 g/mol. The summed E-state index contributed by atoms with van der Waals surface area (Å²) in [4.78, 5) is 12.2. The molecular formula is C26H33N3O. The lowest BCUT2D eigenvalue weighted by molar-refractivity contribution is 0.0558. The molecule has 30 heavy (non-hydrogen) atoms. The normalized spacial score (nSPS) is 20.6. The minimum Gasteiger partial charge on any atom is -0.472 e. The molecule has 2 aromatic carbocycles. The van der Waals surface area contributed by atoms with Gasteiger partial charge in [0.25, 0.3) is 0 Å². The van der Waals surface area contributed by atoms with Crippen molar-refractivity contribution in [3.63, 3.8) is 0 Å². The summed E-state index contributed by atoms with van der Waals surface area (Å²) in [5.74, 6) is 1.40. The Labute approximate surface area is 180 Å². The Morgan fingerprint density at radius 2 is 1.53 bits per heavy atom. The van der Waals surface area contributed by atoms with Crippen LogP contribution in [0.1, 0.15) is 48.0 Å². The van der Waals surface area contributed by atoms with Crippen LogP contribution in [-0.4, -0.2) is 39.1 Å². The van der Waals surface area contributed by atoms with Crippen LogP contribution in [-0.2, 0) is 0 Å². The average Bonchev–Trinajstić information content (AvgIpc) is 3.14. The Hall–Kier alpha value is -2.46. The van der Waals surface area contributed by atoms with Crippen LogP contribution in [0.2, 0.25) is 0 Å². The van der Waals surface area contributed by atoms with Gasteiger partial charge in [-0.1, -0.05) is 63.2 Å². The molecule has 4 rings (SSSR count). The van der Waals surface area contributed by atoms with Crippen LogP contribution in [0.15, 0.2) is 54.6 Å². The fourth-order valence-corrected chi connectivity index (χ4v) is 4.46. The maximum absolute atomic E-state index is 6.61. The molecule has 4 nitrogen and oxygen atoms in total. The van der Waals surface area contributed by atoms with Crippen LogP contribution < -0.4 is 4.74 Å². The molecule has 3 aromatic rings. The summed E-state index contributed by atoms with van der Waals surface area (Å²) >= 11 is 0. The predicted molar refractivity (Wildman–Crippen MR) is 124 cm³/mol. The Balaban J connectivity index is 1.70. The number of fused-ring (bicyclic) bond motifs is 1. The summed E-state index contributed by atoms with van der Waals surface area (Å²) in [6.07, 6.45) is 1.11. The van der Waals surface area contributed by atoms with Crippen LogP contribution in [0, 0.1) is 5.41 Å². The monoisotopic (exact) mass is 403 g/mol. The summed E-state index contributed by atoms with van der Waals surface area (Å²) in [5.41, 5.74) is 2.20. The molecule has 0 saturated carbocycles. The first-order chi connectivity index (χ1) is 14.1. The second kappa shape index (κ2) is 7.66. The van der Waals surface area contributed by atoms with Gasteiger partial charge in [-0.05, 0) is 38.3 Å². The summed E-state index contributed by atoms with van der Waals surface area (Å²) < 4.78 is 6.61. The minimum atomic E-state index is 0.0962. The average molecular weight is 404 g/mol. The molecule has 0 spiro atoms. The molecule has 1 aliphatic heterocycles. The van der Waals surface area contributed by atoms with Crippen molar-refractivity contribution in [1.82, 2.24) is 14.9 Å². The van der Waals surface area contributed by atoms with Crippen LogP contribution in [0.4, 0.5) is 0 Å². The molecule has 1 fully saturated rings. The zero-order valence-electron chi connectivity index (χ0n) is 19.0. The lowest BCUT2D eigenvalue weighted by atomic mass is 9.83. The number of ether oxygens (including phenoxy) is 1. The van der Waals surface area contributed by atoms with Crippen molar-refractivity contribution in [1.29, 1.82) is 0 Å². The van der Waals surface area contributed by atoms with E-state index in [1.807, 2.05) is 48.5 Å². The van der Waals surface area contributed by atoms with Gasteiger partial charge in [-0.15, -0.1) is 0 Å². The van der Waals surface area contributed by atoms with Crippen molar-refractivity contribution >= 4 is 10.9 Å². The largest absolute Gasteiger partial charge is 0.472 e. The number of hydrogen-bond donors (Lipinski definition) is 0. The molecule has 0 aliphatic carbocycles. The lowest BCUT2D eigenvalue weighted by Crippen LogP contribution is -2.49. The fraction of sp³-hybridized carbons (Fsp3) is 0.462. The molecule has 1 aliphatic rings. The third-order valence-electron chi connectivity index (χ3n) is 6.00. The maximum Gasteiger partial charge on any atom is 0.225 e. The van der Waals surface area contributed by atoms with Gasteiger partial charge in [0.05, 0.1) is 10.9 Å². The highest BCUT2D eigenvalue weighted by Crippen LogP contribution is 2.39. The minimum absolute atomic E-state index is 0.0962. The van der Waals surface area contributed by atoms with Crippen LogP contribution in [0.5, 0.6) is 5.88 Å². The molecule has 1 saturated heterocycles. The molecule has 0 radical (unpaired) electrons. The molecule has 2 heterocycles. The van der Waals surface area contributed by atoms with Crippen molar-refractivity contribution in [3.8, 4) is 17.3 Å². The summed E-state index contributed by atoms with van der Waals surface area (Å²) in [6.45, 7) is 14.8. The number of para-hydroxylation sites is 1. The van der Waals surface area contributed by atoms with Gasteiger partial charge < -0.3 is 4.74 Å². The van der Waals surface area contributed by atoms with Crippen molar-refractivity contribution in [2.75, 3.05) is 6.54 Å². The fourth-order valence-electron chi connectivity index (χ4n) is 4.46. The quantitative estimate of drug-likeness (QED) is 0.540. The van der Waals surface area contributed by atoms with E-state index in [9.17, 15) is 0 Å². The van der Waals surface area contributed by atoms with Crippen LogP contribution in [0.3, 0.4) is 0 Å². The van der Waals surface area contributed by atoms with Gasteiger partial charge >= 0.3 is 0 Å². The second-order valence-corrected chi connectivity index (χ2v) is 10.4. The number of aromatic nitrogens is 2. The van der Waals surface area contributed by atoms with E-state index in [0.717, 1.165) is 29.4 Å². The second-order valence-electron chi connectivity index (χ2n) is 10.4. The van der Waals surface area contributed by atoms with E-state index in [1.165, 1.54) is 0 Å². The highest BCUT2D eigenvalue weighted by atomic mass is 16.5. The maximum atomic E-state index is 6.61. The van der Waals surface area contributed by atoms with Gasteiger partial charge in [0.2, 0.25) is 5.88 Å². The Kier molecular flexibility index (Phi) is 5.31. The van der Waals surface area contributed by atoms with E-state index < -0.39 is 0 Å². The summed E-state index contributed by atoms with van der Waals surface area (Å²) in [6, 6.07) is 18.7. The van der Waals surface area contributed by atoms with Gasteiger partial charge in [-0.2, -0.15) is 4.98 Å². The molecule has 2 atom stereocenters. The number of hydrogen-bond acceptors (Lipinski definition) is 4. The van der Waals surface area contributed by atoms with E-state index in [-0.39, 0.29) is 17.1 Å². The van der Waals surface area contributed by atoms with Crippen molar-refractivity contribution in [2.24, 2.45) is 5.41 Å². The van der Waals surface area contributed by atoms with E-state index in [2.05, 4.69) is 52.5 Å². The lowest BCUT2D eigenvalue weighted by Gasteiger charge is -2.42. The third-order valence-corrected chi connectivity index (χ3v) is 6.00. The first kappa shape index (κ1) is 20.8. The van der Waals surface area contributed by atoms with E-state index in [4.69, 9.17) is 14.7 Å². The Morgan fingerprint density at radius 3 is 2.17 bits per heavy atom. The summed E-state index contributed by atoms with van der Waals surface area (Å²) in [5, 5.41) is 0.971. The van der Waals surface area contributed by atoms with Gasteiger partial charge in [-0.25, -0.2) is 4.98 Å². The molecule has 0 bridgehead atoms. The number of rotatable bonds is 3. The molecule has 1 aromatic heterocycles. The highest BCUT2D eigenvalue weighted by molar-refractivity contribution is 5.85. The van der Waals surface area contributed by atoms with E-state index >= 15 is 0 Å². The van der Waals surface area contributed by atoms with Gasteiger partial charge in [0.15, 0.2) is 5.82 Å². The van der Waals surface area contributed by atoms with Gasteiger partial charge in [0.1, 0.15) is 6.10 Å². The SMILES string of the molecule is CC(C)(C)C1CC(Oc2nc(-c3ccccc3)nc3ccccc23)CN1C(C)(C)C. The van der Waals surface area contributed by atoms with Crippen LogP contribution in [0.25, 0.3) is 22.3 Å². The Morgan fingerprint density at radius 1 is 0.867 bits per heavy atom. The molecule has 158 valence electrons. The molecule has 4 heteroatoms. The zero-order valence-corrected chi connectivity index (χ0v) is 19.0. The van der Waals surface area contributed by atoms with Gasteiger partial charge in [-0.3, -0.25) is 4.90 Å². The predicted octanol–water partition coefficient (Wildman–Crippen LogP) is 5.96. The number of benzene rings is 2. The third kappa shape index (κ3) is 4.20. The van der Waals surface area contributed by atoms with E-state index in [0.29, 0.717) is 17.7 Å². The standard InChI is InChI=1S/C26H33N3O/c1-25(2,3)22-16-19(17-29(22)26(4,5)6)30-24-20-14-10-11-15-21(20)27-23(28-24)18-12-8-7-9-13-18/h7-15,19,22H,16-17H2,1-6H3. The highest BCUT2D eigenvalue weighted by Gasteiger charge is 2.44. The zero-order chi connectivity index (χ0) is 21.5. The van der Waals surface area contributed by atoms with Crippen molar-refractivity contribution < 1.29 is 4.74 Å².